The second-order valence-electron chi connectivity index (χ2n) is 3.40. The van der Waals surface area contributed by atoms with E-state index in [4.69, 9.17) is 5.73 Å². The van der Waals surface area contributed by atoms with Gasteiger partial charge < -0.3 is 5.73 Å². The number of carbonyl (C=O) groups excluding carboxylic acids is 1. The van der Waals surface area contributed by atoms with Gasteiger partial charge in [-0.2, -0.15) is 0 Å². The fourth-order valence-corrected chi connectivity index (χ4v) is 1.13. The Bertz CT molecular complexity index is 299. The van der Waals surface area contributed by atoms with Crippen LogP contribution in [-0.4, -0.2) is 21.8 Å². The van der Waals surface area contributed by atoms with E-state index in [9.17, 15) is 4.79 Å². The number of aromatic nitrogens is 2. The number of nitrogens with zero attached hydrogens (tertiary/aromatic N) is 2. The molecule has 0 spiro atoms. The molecule has 0 saturated heterocycles. The van der Waals surface area contributed by atoms with E-state index in [2.05, 4.69) is 9.97 Å². The van der Waals surface area contributed by atoms with E-state index in [1.54, 1.807) is 0 Å². The van der Waals surface area contributed by atoms with Gasteiger partial charge in [-0.05, 0) is 5.92 Å². The number of Topliss-reactive ketones (excluding diaryl/α,β-unsaturated/α-hetero) is 1. The smallest absolute Gasteiger partial charge is 0.182 e. The fourth-order valence-electron chi connectivity index (χ4n) is 1.13. The van der Waals surface area contributed by atoms with Gasteiger partial charge in [0.2, 0.25) is 0 Å². The van der Waals surface area contributed by atoms with Crippen LogP contribution in [0.15, 0.2) is 18.7 Å². The van der Waals surface area contributed by atoms with E-state index in [-0.39, 0.29) is 11.7 Å². The van der Waals surface area contributed by atoms with Crippen molar-refractivity contribution in [1.29, 1.82) is 0 Å². The minimum atomic E-state index is -0.453. The normalized spacial score (nSPS) is 14.8. The zero-order valence-corrected chi connectivity index (χ0v) is 8.47. The average molecular weight is 193 g/mol. The molecule has 0 amide bonds. The summed E-state index contributed by atoms with van der Waals surface area (Å²) in [5.41, 5.74) is 6.28. The third kappa shape index (κ3) is 2.35. The Morgan fingerprint density at radius 3 is 2.57 bits per heavy atom. The molecule has 1 aromatic rings. The number of carbonyl (C=O) groups is 1. The first kappa shape index (κ1) is 10.8. The second kappa shape index (κ2) is 4.81. The van der Waals surface area contributed by atoms with Crippen molar-refractivity contribution in [2.45, 2.75) is 26.3 Å². The molecule has 0 aromatic carbocycles. The Morgan fingerprint density at radius 1 is 1.50 bits per heavy atom. The Labute approximate surface area is 83.6 Å². The highest BCUT2D eigenvalue weighted by atomic mass is 16.1. The van der Waals surface area contributed by atoms with Gasteiger partial charge in [0.1, 0.15) is 6.33 Å². The maximum atomic E-state index is 11.7. The minimum Gasteiger partial charge on any atom is -0.321 e. The van der Waals surface area contributed by atoms with Crippen LogP contribution in [0.1, 0.15) is 30.6 Å². The Kier molecular flexibility index (Phi) is 3.71. The number of nitrogens with two attached hydrogens (primary N) is 1. The molecule has 0 bridgehead atoms. The molecule has 1 aromatic heterocycles. The highest BCUT2D eigenvalue weighted by Crippen LogP contribution is 2.10. The van der Waals surface area contributed by atoms with Crippen LogP contribution in [-0.2, 0) is 0 Å². The van der Waals surface area contributed by atoms with Gasteiger partial charge in [-0.25, -0.2) is 9.97 Å². The van der Waals surface area contributed by atoms with E-state index in [0.717, 1.165) is 6.42 Å². The van der Waals surface area contributed by atoms with Crippen molar-refractivity contribution in [3.63, 3.8) is 0 Å². The van der Waals surface area contributed by atoms with Gasteiger partial charge in [-0.3, -0.25) is 4.79 Å². The summed E-state index contributed by atoms with van der Waals surface area (Å²) in [7, 11) is 0. The molecule has 1 heterocycles. The Balaban J connectivity index is 2.76. The molecule has 0 saturated carbocycles. The van der Waals surface area contributed by atoms with Crippen LogP contribution >= 0.6 is 0 Å². The summed E-state index contributed by atoms with van der Waals surface area (Å²) in [5, 5.41) is 0. The maximum absolute atomic E-state index is 11.7. The lowest BCUT2D eigenvalue weighted by atomic mass is 9.94. The summed E-state index contributed by atoms with van der Waals surface area (Å²) in [5.74, 6) is 0.0997. The summed E-state index contributed by atoms with van der Waals surface area (Å²) in [6.45, 7) is 3.98. The van der Waals surface area contributed by atoms with Crippen molar-refractivity contribution < 1.29 is 4.79 Å². The van der Waals surface area contributed by atoms with Crippen LogP contribution in [0.25, 0.3) is 0 Å². The molecule has 4 heteroatoms. The summed E-state index contributed by atoms with van der Waals surface area (Å²) < 4.78 is 0. The van der Waals surface area contributed by atoms with Gasteiger partial charge >= 0.3 is 0 Å². The van der Waals surface area contributed by atoms with Gasteiger partial charge in [-0.1, -0.05) is 20.3 Å². The largest absolute Gasteiger partial charge is 0.321 e. The second-order valence-corrected chi connectivity index (χ2v) is 3.40. The van der Waals surface area contributed by atoms with Crippen molar-refractivity contribution in [2.75, 3.05) is 0 Å². The monoisotopic (exact) mass is 193 g/mol. The zero-order valence-electron chi connectivity index (χ0n) is 8.47. The third-order valence-corrected chi connectivity index (χ3v) is 2.40. The summed E-state index contributed by atoms with van der Waals surface area (Å²) >= 11 is 0. The minimum absolute atomic E-state index is 0.0834. The molecule has 0 fully saturated rings. The molecule has 1 rings (SSSR count). The highest BCUT2D eigenvalue weighted by Gasteiger charge is 2.20. The van der Waals surface area contributed by atoms with Gasteiger partial charge in [-0.15, -0.1) is 0 Å². The molecule has 0 radical (unpaired) electrons. The maximum Gasteiger partial charge on any atom is 0.182 e. The predicted octanol–water partition coefficient (Wildman–Crippen LogP) is 1.03. The molecule has 2 N–H and O–H groups in total. The SMILES string of the molecule is CCC(C)C(N)C(=O)c1cncnc1. The van der Waals surface area contributed by atoms with E-state index in [1.807, 2.05) is 13.8 Å². The molecule has 0 aliphatic rings. The van der Waals surface area contributed by atoms with Crippen LogP contribution in [0.3, 0.4) is 0 Å². The van der Waals surface area contributed by atoms with Crippen LogP contribution in [0.5, 0.6) is 0 Å². The van der Waals surface area contributed by atoms with Crippen molar-refractivity contribution >= 4 is 5.78 Å². The lowest BCUT2D eigenvalue weighted by Gasteiger charge is -2.16. The fraction of sp³-hybridized carbons (Fsp3) is 0.500. The van der Waals surface area contributed by atoms with Crippen LogP contribution in [0.4, 0.5) is 0 Å². The Morgan fingerprint density at radius 2 is 2.07 bits per heavy atom. The lowest BCUT2D eigenvalue weighted by Crippen LogP contribution is -2.36. The molecule has 2 unspecified atom stereocenters. The first-order valence-electron chi connectivity index (χ1n) is 4.71. The number of rotatable bonds is 4. The van der Waals surface area contributed by atoms with Gasteiger partial charge in [0.15, 0.2) is 5.78 Å². The molecule has 76 valence electrons. The van der Waals surface area contributed by atoms with Gasteiger partial charge in [0.25, 0.3) is 0 Å². The summed E-state index contributed by atoms with van der Waals surface area (Å²) in [4.78, 5) is 19.3. The van der Waals surface area contributed by atoms with Crippen LogP contribution in [0.2, 0.25) is 0 Å². The molecule has 4 nitrogen and oxygen atoms in total. The average Bonchev–Trinajstić information content (AvgIpc) is 2.27. The first-order valence-corrected chi connectivity index (χ1v) is 4.71. The predicted molar refractivity (Wildman–Crippen MR) is 53.8 cm³/mol. The topological polar surface area (TPSA) is 68.9 Å². The van der Waals surface area contributed by atoms with Crippen LogP contribution in [0, 0.1) is 5.92 Å². The van der Waals surface area contributed by atoms with Gasteiger partial charge in [0, 0.05) is 12.4 Å². The summed E-state index contributed by atoms with van der Waals surface area (Å²) in [6, 6.07) is -0.453. The number of ketones is 1. The third-order valence-electron chi connectivity index (χ3n) is 2.40. The highest BCUT2D eigenvalue weighted by molar-refractivity contribution is 5.99. The van der Waals surface area contributed by atoms with Crippen molar-refractivity contribution in [3.8, 4) is 0 Å². The molecular weight excluding hydrogens is 178 g/mol. The number of hydrogen-bond acceptors (Lipinski definition) is 4. The van der Waals surface area contributed by atoms with Crippen molar-refractivity contribution in [3.05, 3.63) is 24.3 Å². The van der Waals surface area contributed by atoms with Crippen molar-refractivity contribution in [1.82, 2.24) is 9.97 Å². The lowest BCUT2D eigenvalue weighted by molar-refractivity contribution is 0.0934. The molecule has 2 atom stereocenters. The first-order chi connectivity index (χ1) is 6.66. The van der Waals surface area contributed by atoms with Gasteiger partial charge in [0.05, 0.1) is 11.6 Å². The molecule has 0 aliphatic carbocycles. The van der Waals surface area contributed by atoms with Crippen LogP contribution < -0.4 is 5.73 Å². The summed E-state index contributed by atoms with van der Waals surface area (Å²) in [6.07, 6.45) is 5.28. The van der Waals surface area contributed by atoms with E-state index < -0.39 is 6.04 Å². The van der Waals surface area contributed by atoms with E-state index in [1.165, 1.54) is 18.7 Å². The molecular formula is C10H15N3O. The molecule has 14 heavy (non-hydrogen) atoms. The number of hydrogen-bond donors (Lipinski definition) is 1. The Hall–Kier alpha value is -1.29. The standard InChI is InChI=1S/C10H15N3O/c1-3-7(2)9(11)10(14)8-4-12-6-13-5-8/h4-7,9H,3,11H2,1-2H3. The van der Waals surface area contributed by atoms with Crippen molar-refractivity contribution in [2.24, 2.45) is 11.7 Å². The van der Waals surface area contributed by atoms with E-state index >= 15 is 0 Å². The quantitative estimate of drug-likeness (QED) is 0.725. The molecule has 0 aliphatic heterocycles. The van der Waals surface area contributed by atoms with E-state index in [0.29, 0.717) is 5.56 Å². The zero-order chi connectivity index (χ0) is 10.6.